The van der Waals surface area contributed by atoms with E-state index < -0.39 is 93.8 Å². The van der Waals surface area contributed by atoms with Gasteiger partial charge in [-0.25, -0.2) is 0 Å². The lowest BCUT2D eigenvalue weighted by Crippen LogP contribution is -2.55. The van der Waals surface area contributed by atoms with Crippen LogP contribution >= 0.6 is 0 Å². The van der Waals surface area contributed by atoms with E-state index in [-0.39, 0.29) is 54.7 Å². The zero-order valence-corrected chi connectivity index (χ0v) is 25.9. The summed E-state index contributed by atoms with van der Waals surface area (Å²) in [5, 5.41) is 78.5. The minimum Gasteiger partial charge on any atom is -0.507 e. The molecule has 7 atom stereocenters. The van der Waals surface area contributed by atoms with Crippen molar-refractivity contribution in [2.45, 2.75) is 108 Å². The van der Waals surface area contributed by atoms with E-state index in [9.17, 15) is 49.8 Å². The van der Waals surface area contributed by atoms with Crippen LogP contribution in [0, 0.1) is 0 Å². The highest BCUT2D eigenvalue weighted by atomic mass is 16.7. The van der Waals surface area contributed by atoms with Crippen LogP contribution < -0.4 is 5.32 Å². The fraction of sp³-hybridized carbons (Fsp3) is 0.515. The molecule has 47 heavy (non-hydrogen) atoms. The van der Waals surface area contributed by atoms with Gasteiger partial charge in [0.2, 0.25) is 11.7 Å². The number of amides is 1. The van der Waals surface area contributed by atoms with Crippen molar-refractivity contribution in [1.82, 2.24) is 5.32 Å². The maximum absolute atomic E-state index is 13.6. The summed E-state index contributed by atoms with van der Waals surface area (Å²) >= 11 is 0. The number of unbranched alkanes of at least 4 members (excludes halogenated alkanes) is 2. The van der Waals surface area contributed by atoms with Gasteiger partial charge in [0.05, 0.1) is 40.5 Å². The SMILES string of the molecule is CC[C@@]1(O)C[C@H](O[C@H]2C[C@H](NC(=O)CCCCCC(=O)O)[C@H](O)[C@H](C)O2)c2c(O)c3c(c(O)c2[C@H]1O)C(=O)c1cccc(O)c1C3=O. The number of carboxylic acid groups (broad SMARTS) is 1. The molecule has 2 aromatic carbocycles. The number of benzene rings is 2. The Kier molecular flexibility index (Phi) is 9.62. The fourth-order valence-electron chi connectivity index (χ4n) is 6.77. The smallest absolute Gasteiger partial charge is 0.303 e. The number of rotatable bonds is 10. The summed E-state index contributed by atoms with van der Waals surface area (Å²) in [5.41, 5.74) is -4.32. The van der Waals surface area contributed by atoms with Crippen molar-refractivity contribution in [2.24, 2.45) is 0 Å². The zero-order valence-electron chi connectivity index (χ0n) is 25.9. The number of phenols is 3. The third kappa shape index (κ3) is 6.19. The summed E-state index contributed by atoms with van der Waals surface area (Å²) in [4.78, 5) is 50.5. The molecule has 8 N–H and O–H groups in total. The Bertz CT molecular complexity index is 1610. The number of phenolic OH excluding ortho intramolecular Hbond substituents is 3. The lowest BCUT2D eigenvalue weighted by atomic mass is 9.70. The molecular formula is C33H39NO13. The van der Waals surface area contributed by atoms with Crippen molar-refractivity contribution < 1.29 is 64.4 Å². The molecule has 0 aromatic heterocycles. The third-order valence-corrected chi connectivity index (χ3v) is 9.41. The monoisotopic (exact) mass is 657 g/mol. The molecule has 0 radical (unpaired) electrons. The standard InChI is InChI=1S/C33H39NO13/c1-3-33(45)13-18(47-21-12-16(27(39)14(2)46-21)34-19(36)10-5-4-6-11-20(37)38)23-26(32(33)44)31(43)24-25(30(23)42)29(41)22-15(28(24)40)8-7-9-17(22)35/h7-9,14,16,18,21,27,32,35,39,42-45H,3-6,10-13H2,1-2H3,(H,34,36)(H,37,38)/t14-,16-,18-,21-,27+,32+,33+/m0/s1. The molecule has 3 aliphatic rings. The Morgan fingerprint density at radius 2 is 1.64 bits per heavy atom. The Morgan fingerprint density at radius 1 is 0.979 bits per heavy atom. The summed E-state index contributed by atoms with van der Waals surface area (Å²) in [6.45, 7) is 3.14. The molecule has 1 amide bonds. The van der Waals surface area contributed by atoms with Crippen LogP contribution in [0.25, 0.3) is 0 Å². The van der Waals surface area contributed by atoms with E-state index in [1.165, 1.54) is 18.2 Å². The summed E-state index contributed by atoms with van der Waals surface area (Å²) in [6.07, 6.45) is -5.19. The second kappa shape index (κ2) is 13.2. The van der Waals surface area contributed by atoms with Gasteiger partial charge >= 0.3 is 5.97 Å². The van der Waals surface area contributed by atoms with E-state index >= 15 is 0 Å². The summed E-state index contributed by atoms with van der Waals surface area (Å²) in [7, 11) is 0. The van der Waals surface area contributed by atoms with Gasteiger partial charge in [-0.15, -0.1) is 0 Å². The molecule has 14 nitrogen and oxygen atoms in total. The molecule has 1 fully saturated rings. The second-order valence-electron chi connectivity index (χ2n) is 12.4. The van der Waals surface area contributed by atoms with Crippen molar-refractivity contribution in [3.63, 3.8) is 0 Å². The Balaban J connectivity index is 1.45. The number of aliphatic carboxylic acids is 1. The summed E-state index contributed by atoms with van der Waals surface area (Å²) in [6, 6.07) is 2.99. The number of ketones is 2. The molecule has 0 saturated carbocycles. The van der Waals surface area contributed by atoms with Crippen LogP contribution in [0.3, 0.4) is 0 Å². The van der Waals surface area contributed by atoms with Gasteiger partial charge in [0.25, 0.3) is 0 Å². The molecule has 1 aliphatic heterocycles. The van der Waals surface area contributed by atoms with Crippen LogP contribution in [0.15, 0.2) is 18.2 Å². The predicted octanol–water partition coefficient (Wildman–Crippen LogP) is 2.23. The van der Waals surface area contributed by atoms with Crippen LogP contribution in [0.5, 0.6) is 17.2 Å². The molecule has 254 valence electrons. The van der Waals surface area contributed by atoms with Gasteiger partial charge in [-0.3, -0.25) is 19.2 Å². The fourth-order valence-corrected chi connectivity index (χ4v) is 6.77. The molecule has 1 saturated heterocycles. The lowest BCUT2D eigenvalue weighted by Gasteiger charge is -2.45. The number of carboxylic acids is 1. The van der Waals surface area contributed by atoms with E-state index in [2.05, 4.69) is 5.32 Å². The van der Waals surface area contributed by atoms with Crippen LogP contribution in [0.4, 0.5) is 0 Å². The maximum Gasteiger partial charge on any atom is 0.303 e. The van der Waals surface area contributed by atoms with Gasteiger partial charge in [0.1, 0.15) is 29.5 Å². The number of fused-ring (bicyclic) bond motifs is 3. The number of aromatic hydroxyl groups is 3. The first kappa shape index (κ1) is 34.3. The van der Waals surface area contributed by atoms with E-state index in [0.717, 1.165) is 0 Å². The van der Waals surface area contributed by atoms with Crippen LogP contribution in [0.1, 0.15) is 120 Å². The van der Waals surface area contributed by atoms with Gasteiger partial charge in [-0.05, 0) is 32.3 Å². The number of carbonyl (C=O) groups is 4. The van der Waals surface area contributed by atoms with Crippen LogP contribution in [-0.4, -0.2) is 89.3 Å². The van der Waals surface area contributed by atoms with Gasteiger partial charge in [-0.2, -0.15) is 0 Å². The number of carbonyl (C=O) groups excluding carboxylic acids is 3. The minimum atomic E-state index is -1.91. The van der Waals surface area contributed by atoms with E-state index in [1.54, 1.807) is 13.8 Å². The number of hydrogen-bond acceptors (Lipinski definition) is 12. The largest absolute Gasteiger partial charge is 0.507 e. The zero-order chi connectivity index (χ0) is 34.4. The van der Waals surface area contributed by atoms with Crippen LogP contribution in [0.2, 0.25) is 0 Å². The van der Waals surface area contributed by atoms with Gasteiger partial charge in [0, 0.05) is 42.4 Å². The number of hydrogen-bond donors (Lipinski definition) is 8. The average Bonchev–Trinajstić information content (AvgIpc) is 3.01. The Labute approximate surface area is 269 Å². The lowest BCUT2D eigenvalue weighted by molar-refractivity contribution is -0.254. The number of aliphatic hydroxyl groups excluding tert-OH is 2. The summed E-state index contributed by atoms with van der Waals surface area (Å²) < 4.78 is 12.1. The highest BCUT2D eigenvalue weighted by Crippen LogP contribution is 2.56. The summed E-state index contributed by atoms with van der Waals surface area (Å²) in [5.74, 6) is -5.22. The topological polar surface area (TPSA) is 240 Å². The molecular weight excluding hydrogens is 618 g/mol. The molecule has 0 spiro atoms. The first-order valence-corrected chi connectivity index (χ1v) is 15.6. The second-order valence-corrected chi connectivity index (χ2v) is 12.4. The van der Waals surface area contributed by atoms with E-state index in [4.69, 9.17) is 14.6 Å². The number of ether oxygens (including phenoxy) is 2. The molecule has 14 heteroatoms. The Morgan fingerprint density at radius 3 is 2.32 bits per heavy atom. The molecule has 2 aromatic rings. The molecule has 5 rings (SSSR count). The van der Waals surface area contributed by atoms with Crippen molar-refractivity contribution in [2.75, 3.05) is 0 Å². The van der Waals surface area contributed by atoms with Crippen molar-refractivity contribution >= 4 is 23.4 Å². The Hall–Kier alpha value is -4.08. The van der Waals surface area contributed by atoms with E-state index in [1.807, 2.05) is 0 Å². The van der Waals surface area contributed by atoms with Crippen molar-refractivity contribution in [3.8, 4) is 17.2 Å². The van der Waals surface area contributed by atoms with Crippen molar-refractivity contribution in [3.05, 3.63) is 51.6 Å². The minimum absolute atomic E-state index is 0.00166. The molecule has 1 heterocycles. The van der Waals surface area contributed by atoms with Gasteiger partial charge in [-0.1, -0.05) is 25.5 Å². The average molecular weight is 658 g/mol. The van der Waals surface area contributed by atoms with E-state index in [0.29, 0.717) is 19.3 Å². The molecule has 0 unspecified atom stereocenters. The normalized spacial score (nSPS) is 28.3. The predicted molar refractivity (Wildman–Crippen MR) is 161 cm³/mol. The van der Waals surface area contributed by atoms with Gasteiger partial charge < -0.3 is 50.5 Å². The number of nitrogens with one attached hydrogen (secondary N) is 1. The first-order valence-electron chi connectivity index (χ1n) is 15.6. The quantitative estimate of drug-likeness (QED) is 0.115. The maximum atomic E-state index is 13.6. The van der Waals surface area contributed by atoms with Crippen molar-refractivity contribution in [1.29, 1.82) is 0 Å². The highest BCUT2D eigenvalue weighted by Gasteiger charge is 2.51. The van der Waals surface area contributed by atoms with Gasteiger partial charge in [0.15, 0.2) is 12.1 Å². The number of aliphatic hydroxyl groups is 3. The first-order chi connectivity index (χ1) is 22.2. The van der Waals surface area contributed by atoms with Crippen LogP contribution in [-0.2, 0) is 19.1 Å². The highest BCUT2D eigenvalue weighted by molar-refractivity contribution is 6.31. The molecule has 0 bridgehead atoms. The third-order valence-electron chi connectivity index (χ3n) is 9.41. The molecule has 2 aliphatic carbocycles.